The van der Waals surface area contributed by atoms with E-state index < -0.39 is 9.84 Å². The molecule has 0 aliphatic rings. The highest BCUT2D eigenvalue weighted by molar-refractivity contribution is 7.90. The van der Waals surface area contributed by atoms with Crippen molar-refractivity contribution < 1.29 is 12.8 Å². The predicted molar refractivity (Wildman–Crippen MR) is 75.5 cm³/mol. The molecule has 1 heterocycles. The standard InChI is InChI=1S/C14H17FN2O2S/c1-11-7-14(15)5-4-13(11)10-20(18,19)6-2-3-12-8-16-17-9-12/h4-5,7-9H,2-3,6,10H2,1H3,(H,16,17). The summed E-state index contributed by atoms with van der Waals surface area (Å²) in [7, 11) is -3.18. The molecule has 2 aromatic rings. The normalized spacial score (nSPS) is 11.7. The van der Waals surface area contributed by atoms with Crippen LogP contribution in [0.2, 0.25) is 0 Å². The van der Waals surface area contributed by atoms with Crippen molar-refractivity contribution in [1.82, 2.24) is 10.2 Å². The number of H-pyrrole nitrogens is 1. The predicted octanol–water partition coefficient (Wildman–Crippen LogP) is 2.40. The third kappa shape index (κ3) is 4.16. The Balaban J connectivity index is 1.93. The fourth-order valence-electron chi connectivity index (χ4n) is 2.04. The molecule has 0 unspecified atom stereocenters. The van der Waals surface area contributed by atoms with Gasteiger partial charge in [-0.1, -0.05) is 6.07 Å². The van der Waals surface area contributed by atoms with Gasteiger partial charge in [-0.05, 0) is 48.6 Å². The third-order valence-electron chi connectivity index (χ3n) is 3.16. The molecular weight excluding hydrogens is 279 g/mol. The minimum Gasteiger partial charge on any atom is -0.285 e. The van der Waals surface area contributed by atoms with Gasteiger partial charge in [0.25, 0.3) is 0 Å². The molecule has 0 atom stereocenters. The molecule has 0 radical (unpaired) electrons. The maximum Gasteiger partial charge on any atom is 0.154 e. The summed E-state index contributed by atoms with van der Waals surface area (Å²) >= 11 is 0. The molecular formula is C14H17FN2O2S. The number of halogens is 1. The Bertz CT molecular complexity index is 666. The zero-order chi connectivity index (χ0) is 14.6. The summed E-state index contributed by atoms with van der Waals surface area (Å²) in [6, 6.07) is 4.19. The topological polar surface area (TPSA) is 62.8 Å². The summed E-state index contributed by atoms with van der Waals surface area (Å²) < 4.78 is 37.1. The molecule has 6 heteroatoms. The first-order valence-corrected chi connectivity index (χ1v) is 8.21. The molecule has 0 fully saturated rings. The lowest BCUT2D eigenvalue weighted by Gasteiger charge is -2.07. The van der Waals surface area contributed by atoms with E-state index in [1.807, 2.05) is 0 Å². The lowest BCUT2D eigenvalue weighted by molar-refractivity contribution is 0.591. The number of hydrogen-bond acceptors (Lipinski definition) is 3. The number of benzene rings is 1. The number of nitrogens with zero attached hydrogens (tertiary/aromatic N) is 1. The van der Waals surface area contributed by atoms with Crippen molar-refractivity contribution in [3.8, 4) is 0 Å². The van der Waals surface area contributed by atoms with Crippen LogP contribution in [0.15, 0.2) is 30.6 Å². The van der Waals surface area contributed by atoms with Crippen LogP contribution in [0.4, 0.5) is 4.39 Å². The van der Waals surface area contributed by atoms with Gasteiger partial charge in [-0.15, -0.1) is 0 Å². The summed E-state index contributed by atoms with van der Waals surface area (Å²) in [5, 5.41) is 6.51. The average molecular weight is 296 g/mol. The molecule has 4 nitrogen and oxygen atoms in total. The first-order chi connectivity index (χ1) is 9.46. The monoisotopic (exact) mass is 296 g/mol. The van der Waals surface area contributed by atoms with Crippen LogP contribution in [-0.2, 0) is 22.0 Å². The van der Waals surface area contributed by atoms with Crippen LogP contribution < -0.4 is 0 Å². The van der Waals surface area contributed by atoms with Gasteiger partial charge >= 0.3 is 0 Å². The number of aryl methyl sites for hydroxylation is 2. The molecule has 0 saturated heterocycles. The van der Waals surface area contributed by atoms with Crippen molar-refractivity contribution in [1.29, 1.82) is 0 Å². The van der Waals surface area contributed by atoms with Crippen LogP contribution in [-0.4, -0.2) is 24.4 Å². The number of rotatable bonds is 6. The fraction of sp³-hybridized carbons (Fsp3) is 0.357. The number of aromatic nitrogens is 2. The van der Waals surface area contributed by atoms with Crippen molar-refractivity contribution in [3.05, 3.63) is 53.1 Å². The number of nitrogens with one attached hydrogen (secondary N) is 1. The van der Waals surface area contributed by atoms with E-state index >= 15 is 0 Å². The first kappa shape index (κ1) is 14.7. The van der Waals surface area contributed by atoms with E-state index in [1.54, 1.807) is 19.3 Å². The Morgan fingerprint density at radius 2 is 2.15 bits per heavy atom. The summed E-state index contributed by atoms with van der Waals surface area (Å²) in [4.78, 5) is 0. The Hall–Kier alpha value is -1.69. The van der Waals surface area contributed by atoms with Crippen LogP contribution in [0.3, 0.4) is 0 Å². The van der Waals surface area contributed by atoms with Gasteiger partial charge < -0.3 is 0 Å². The van der Waals surface area contributed by atoms with E-state index in [-0.39, 0.29) is 17.3 Å². The molecule has 0 spiro atoms. The second-order valence-corrected chi connectivity index (χ2v) is 7.06. The highest BCUT2D eigenvalue weighted by Crippen LogP contribution is 2.15. The second kappa shape index (κ2) is 6.17. The van der Waals surface area contributed by atoms with Crippen LogP contribution in [0, 0.1) is 12.7 Å². The summed E-state index contributed by atoms with van der Waals surface area (Å²) in [6.07, 6.45) is 4.69. The molecule has 2 rings (SSSR count). The maximum atomic E-state index is 13.0. The highest BCUT2D eigenvalue weighted by Gasteiger charge is 2.14. The molecule has 1 aromatic heterocycles. The van der Waals surface area contributed by atoms with Crippen molar-refractivity contribution in [3.63, 3.8) is 0 Å². The zero-order valence-corrected chi connectivity index (χ0v) is 12.1. The van der Waals surface area contributed by atoms with Gasteiger partial charge in [-0.2, -0.15) is 5.10 Å². The van der Waals surface area contributed by atoms with E-state index in [0.29, 0.717) is 24.0 Å². The van der Waals surface area contributed by atoms with Crippen molar-refractivity contribution >= 4 is 9.84 Å². The molecule has 0 aliphatic heterocycles. The van der Waals surface area contributed by atoms with Gasteiger partial charge in [0, 0.05) is 6.20 Å². The van der Waals surface area contributed by atoms with Gasteiger partial charge in [-0.3, -0.25) is 5.10 Å². The number of aromatic amines is 1. The van der Waals surface area contributed by atoms with E-state index in [2.05, 4.69) is 10.2 Å². The van der Waals surface area contributed by atoms with Crippen molar-refractivity contribution in [2.24, 2.45) is 0 Å². The SMILES string of the molecule is Cc1cc(F)ccc1CS(=O)(=O)CCCc1cn[nH]c1. The average Bonchev–Trinajstić information content (AvgIpc) is 2.85. The largest absolute Gasteiger partial charge is 0.285 e. The van der Waals surface area contributed by atoms with Crippen LogP contribution >= 0.6 is 0 Å². The lowest BCUT2D eigenvalue weighted by Crippen LogP contribution is -2.11. The summed E-state index contributed by atoms with van der Waals surface area (Å²) in [5.74, 6) is -0.261. The van der Waals surface area contributed by atoms with E-state index in [4.69, 9.17) is 0 Å². The van der Waals surface area contributed by atoms with Gasteiger partial charge in [0.1, 0.15) is 5.82 Å². The lowest BCUT2D eigenvalue weighted by atomic mass is 10.1. The number of sulfone groups is 1. The van der Waals surface area contributed by atoms with Gasteiger partial charge in [0.15, 0.2) is 9.84 Å². The van der Waals surface area contributed by atoms with E-state index in [9.17, 15) is 12.8 Å². The highest BCUT2D eigenvalue weighted by atomic mass is 32.2. The quantitative estimate of drug-likeness (QED) is 0.890. The minimum absolute atomic E-state index is 0.0372. The number of hydrogen-bond donors (Lipinski definition) is 1. The van der Waals surface area contributed by atoms with Gasteiger partial charge in [0.05, 0.1) is 17.7 Å². The Morgan fingerprint density at radius 1 is 1.35 bits per heavy atom. The third-order valence-corrected chi connectivity index (χ3v) is 4.82. The van der Waals surface area contributed by atoms with Gasteiger partial charge in [0.2, 0.25) is 0 Å². The molecule has 0 aliphatic carbocycles. The minimum atomic E-state index is -3.18. The molecule has 20 heavy (non-hydrogen) atoms. The molecule has 1 N–H and O–H groups in total. The zero-order valence-electron chi connectivity index (χ0n) is 11.3. The summed E-state index contributed by atoms with van der Waals surface area (Å²) in [6.45, 7) is 1.72. The van der Waals surface area contributed by atoms with Gasteiger partial charge in [-0.25, -0.2) is 12.8 Å². The van der Waals surface area contributed by atoms with Crippen LogP contribution in [0.5, 0.6) is 0 Å². The Morgan fingerprint density at radius 3 is 2.80 bits per heavy atom. The van der Waals surface area contributed by atoms with Crippen LogP contribution in [0.1, 0.15) is 23.1 Å². The smallest absolute Gasteiger partial charge is 0.154 e. The Labute approximate surface area is 118 Å². The molecule has 108 valence electrons. The van der Waals surface area contributed by atoms with Crippen molar-refractivity contribution in [2.45, 2.75) is 25.5 Å². The van der Waals surface area contributed by atoms with E-state index in [0.717, 1.165) is 5.56 Å². The molecule has 0 amide bonds. The molecule has 1 aromatic carbocycles. The van der Waals surface area contributed by atoms with Crippen molar-refractivity contribution in [2.75, 3.05) is 5.75 Å². The molecule has 0 saturated carbocycles. The maximum absolute atomic E-state index is 13.0. The molecule has 0 bridgehead atoms. The second-order valence-electron chi connectivity index (χ2n) is 4.87. The van der Waals surface area contributed by atoms with E-state index in [1.165, 1.54) is 18.2 Å². The first-order valence-electron chi connectivity index (χ1n) is 6.39. The van der Waals surface area contributed by atoms with Crippen LogP contribution in [0.25, 0.3) is 0 Å². The Kier molecular flexibility index (Phi) is 4.54. The summed E-state index contributed by atoms with van der Waals surface area (Å²) in [5.41, 5.74) is 2.33. The fourth-order valence-corrected chi connectivity index (χ4v) is 3.57.